The molecule has 78 valence electrons. The van der Waals surface area contributed by atoms with Gasteiger partial charge in [0.1, 0.15) is 5.54 Å². The third-order valence-electron chi connectivity index (χ3n) is 2.92. The maximum absolute atomic E-state index is 9.14. The van der Waals surface area contributed by atoms with Crippen molar-refractivity contribution in [2.75, 3.05) is 13.7 Å². The molecule has 3 heteroatoms. The van der Waals surface area contributed by atoms with E-state index in [2.05, 4.69) is 18.0 Å². The van der Waals surface area contributed by atoms with Crippen LogP contribution < -0.4 is 5.32 Å². The van der Waals surface area contributed by atoms with Crippen molar-refractivity contribution >= 4 is 0 Å². The summed E-state index contributed by atoms with van der Waals surface area (Å²) in [5.41, 5.74) is -0.344. The molecule has 14 heavy (non-hydrogen) atoms. The summed E-state index contributed by atoms with van der Waals surface area (Å²) in [6.45, 7) is 4.34. The predicted molar refractivity (Wildman–Crippen MR) is 55.8 cm³/mol. The van der Waals surface area contributed by atoms with Crippen LogP contribution in [0.4, 0.5) is 0 Å². The molecule has 0 atom stereocenters. The molecule has 0 aliphatic heterocycles. The highest BCUT2D eigenvalue weighted by Gasteiger charge is 2.34. The molecule has 0 saturated heterocycles. The Morgan fingerprint density at radius 2 is 2.29 bits per heavy atom. The van der Waals surface area contributed by atoms with Gasteiger partial charge in [-0.3, -0.25) is 5.32 Å². The van der Waals surface area contributed by atoms with Crippen LogP contribution in [0.2, 0.25) is 0 Å². The Bertz CT molecular complexity index is 224. The average Bonchev–Trinajstić information content (AvgIpc) is 2.27. The molecule has 0 spiro atoms. The van der Waals surface area contributed by atoms with Gasteiger partial charge in [-0.1, -0.05) is 6.08 Å². The molecular formula is C11H18N2O. The molecule has 0 aromatic carbocycles. The SMILES string of the molecule is C=CCNC1(C#N)CCC(OC)CC1. The minimum absolute atomic E-state index is 0.335. The Morgan fingerprint density at radius 3 is 2.71 bits per heavy atom. The van der Waals surface area contributed by atoms with E-state index in [1.54, 1.807) is 13.2 Å². The van der Waals surface area contributed by atoms with Gasteiger partial charge in [-0.25, -0.2) is 0 Å². The molecule has 3 nitrogen and oxygen atoms in total. The topological polar surface area (TPSA) is 45.0 Å². The molecule has 0 bridgehead atoms. The first-order valence-corrected chi connectivity index (χ1v) is 5.06. The van der Waals surface area contributed by atoms with Crippen molar-refractivity contribution in [1.82, 2.24) is 5.32 Å². The lowest BCUT2D eigenvalue weighted by Crippen LogP contribution is -2.47. The molecule has 1 aliphatic rings. The maximum Gasteiger partial charge on any atom is 0.107 e. The standard InChI is InChI=1S/C11H18N2O/c1-3-8-13-11(9-12)6-4-10(14-2)5-7-11/h3,10,13H,1,4-8H2,2H3. The summed E-state index contributed by atoms with van der Waals surface area (Å²) in [7, 11) is 1.74. The average molecular weight is 194 g/mol. The quantitative estimate of drug-likeness (QED) is 0.692. The van der Waals surface area contributed by atoms with Gasteiger partial charge in [-0.05, 0) is 25.7 Å². The van der Waals surface area contributed by atoms with E-state index in [0.29, 0.717) is 12.6 Å². The zero-order chi connectivity index (χ0) is 10.4. The molecular weight excluding hydrogens is 176 g/mol. The monoisotopic (exact) mass is 194 g/mol. The fourth-order valence-electron chi connectivity index (χ4n) is 1.92. The summed E-state index contributed by atoms with van der Waals surface area (Å²) >= 11 is 0. The number of methoxy groups -OCH3 is 1. The minimum atomic E-state index is -0.344. The highest BCUT2D eigenvalue weighted by atomic mass is 16.5. The van der Waals surface area contributed by atoms with Gasteiger partial charge < -0.3 is 4.74 Å². The van der Waals surface area contributed by atoms with Gasteiger partial charge in [-0.15, -0.1) is 6.58 Å². The predicted octanol–water partition coefficient (Wildman–Crippen LogP) is 1.61. The third-order valence-corrected chi connectivity index (χ3v) is 2.92. The Hall–Kier alpha value is -0.850. The van der Waals surface area contributed by atoms with Gasteiger partial charge in [0.2, 0.25) is 0 Å². The third kappa shape index (κ3) is 2.57. The van der Waals surface area contributed by atoms with Crippen LogP contribution in [-0.4, -0.2) is 25.3 Å². The highest BCUT2D eigenvalue weighted by Crippen LogP contribution is 2.29. The smallest absolute Gasteiger partial charge is 0.107 e. The van der Waals surface area contributed by atoms with Crippen LogP contribution in [0.15, 0.2) is 12.7 Å². The van der Waals surface area contributed by atoms with Gasteiger partial charge >= 0.3 is 0 Å². The van der Waals surface area contributed by atoms with Gasteiger partial charge in [0.25, 0.3) is 0 Å². The number of nitrogens with one attached hydrogen (secondary N) is 1. The van der Waals surface area contributed by atoms with E-state index in [-0.39, 0.29) is 5.54 Å². The van der Waals surface area contributed by atoms with E-state index in [4.69, 9.17) is 10.00 Å². The molecule has 1 aliphatic carbocycles. The van der Waals surface area contributed by atoms with Crippen LogP contribution in [-0.2, 0) is 4.74 Å². The van der Waals surface area contributed by atoms with Gasteiger partial charge in [0, 0.05) is 13.7 Å². The lowest BCUT2D eigenvalue weighted by atomic mass is 9.81. The highest BCUT2D eigenvalue weighted by molar-refractivity contribution is 5.10. The van der Waals surface area contributed by atoms with Gasteiger partial charge in [0.05, 0.1) is 12.2 Å². The van der Waals surface area contributed by atoms with E-state index in [9.17, 15) is 0 Å². The van der Waals surface area contributed by atoms with Crippen LogP contribution in [0.1, 0.15) is 25.7 Å². The van der Waals surface area contributed by atoms with E-state index >= 15 is 0 Å². The van der Waals surface area contributed by atoms with Crippen molar-refractivity contribution in [3.63, 3.8) is 0 Å². The van der Waals surface area contributed by atoms with E-state index < -0.39 is 0 Å². The zero-order valence-electron chi connectivity index (χ0n) is 8.75. The lowest BCUT2D eigenvalue weighted by Gasteiger charge is -2.34. The summed E-state index contributed by atoms with van der Waals surface area (Å²) in [5, 5.41) is 12.4. The second-order valence-electron chi connectivity index (χ2n) is 3.80. The van der Waals surface area contributed by atoms with Crippen LogP contribution in [0.5, 0.6) is 0 Å². The van der Waals surface area contributed by atoms with Crippen molar-refractivity contribution in [1.29, 1.82) is 5.26 Å². The second-order valence-corrected chi connectivity index (χ2v) is 3.80. The largest absolute Gasteiger partial charge is 0.381 e. The number of ether oxygens (including phenoxy) is 1. The van der Waals surface area contributed by atoms with Crippen LogP contribution >= 0.6 is 0 Å². The number of hydrogen-bond acceptors (Lipinski definition) is 3. The molecule has 1 saturated carbocycles. The zero-order valence-corrected chi connectivity index (χ0v) is 8.75. The molecule has 1 N–H and O–H groups in total. The number of hydrogen-bond donors (Lipinski definition) is 1. The van der Waals surface area contributed by atoms with Crippen molar-refractivity contribution in [2.45, 2.75) is 37.3 Å². The van der Waals surface area contributed by atoms with Crippen molar-refractivity contribution < 1.29 is 4.74 Å². The van der Waals surface area contributed by atoms with E-state index in [1.807, 2.05) is 0 Å². The molecule has 0 aromatic heterocycles. The Morgan fingerprint density at radius 1 is 1.64 bits per heavy atom. The van der Waals surface area contributed by atoms with Crippen molar-refractivity contribution in [3.05, 3.63) is 12.7 Å². The molecule has 0 heterocycles. The van der Waals surface area contributed by atoms with Crippen LogP contribution in [0.3, 0.4) is 0 Å². The summed E-state index contributed by atoms with van der Waals surface area (Å²) in [4.78, 5) is 0. The maximum atomic E-state index is 9.14. The molecule has 0 aromatic rings. The molecule has 0 amide bonds. The van der Waals surface area contributed by atoms with E-state index in [1.165, 1.54) is 0 Å². The fourth-order valence-corrected chi connectivity index (χ4v) is 1.92. The molecule has 0 unspecified atom stereocenters. The summed E-state index contributed by atoms with van der Waals surface area (Å²) in [6, 6.07) is 2.38. The Kier molecular flexibility index (Phi) is 4.12. The minimum Gasteiger partial charge on any atom is -0.381 e. The normalized spacial score (nSPS) is 32.1. The first-order valence-electron chi connectivity index (χ1n) is 5.06. The Balaban J connectivity index is 2.48. The van der Waals surface area contributed by atoms with Crippen LogP contribution in [0.25, 0.3) is 0 Å². The van der Waals surface area contributed by atoms with Crippen molar-refractivity contribution in [3.8, 4) is 6.07 Å². The molecule has 0 radical (unpaired) electrons. The summed E-state index contributed by atoms with van der Waals surface area (Å²) in [6.07, 6.45) is 5.80. The fraction of sp³-hybridized carbons (Fsp3) is 0.727. The van der Waals surface area contributed by atoms with Crippen molar-refractivity contribution in [2.24, 2.45) is 0 Å². The second kappa shape index (κ2) is 5.14. The van der Waals surface area contributed by atoms with Gasteiger partial charge in [0.15, 0.2) is 0 Å². The first-order chi connectivity index (χ1) is 6.76. The van der Waals surface area contributed by atoms with E-state index in [0.717, 1.165) is 25.7 Å². The lowest BCUT2D eigenvalue weighted by molar-refractivity contribution is 0.0531. The van der Waals surface area contributed by atoms with Gasteiger partial charge in [-0.2, -0.15) is 5.26 Å². The summed E-state index contributed by atoms with van der Waals surface area (Å²) in [5.74, 6) is 0. The number of nitriles is 1. The number of rotatable bonds is 4. The first kappa shape index (κ1) is 11.2. The number of nitrogens with zero attached hydrogens (tertiary/aromatic N) is 1. The Labute approximate surface area is 85.7 Å². The van der Waals surface area contributed by atoms with Crippen LogP contribution in [0, 0.1) is 11.3 Å². The molecule has 1 fully saturated rings. The molecule has 1 rings (SSSR count). The summed E-state index contributed by atoms with van der Waals surface area (Å²) < 4.78 is 5.28.